The van der Waals surface area contributed by atoms with Crippen molar-refractivity contribution in [2.75, 3.05) is 7.11 Å². The molecule has 2 rings (SSSR count). The van der Waals surface area contributed by atoms with E-state index in [1.807, 2.05) is 0 Å². The molecule has 80 valence electrons. The summed E-state index contributed by atoms with van der Waals surface area (Å²) in [6.45, 7) is 2.18. The number of ether oxygens (including phenoxy) is 1. The predicted octanol–water partition coefficient (Wildman–Crippen LogP) is 4.16. The van der Waals surface area contributed by atoms with Crippen LogP contribution < -0.4 is 0 Å². The zero-order valence-corrected chi connectivity index (χ0v) is 10.7. The normalized spacial score (nSPS) is 13.9. The molecule has 1 aromatic rings. The second-order valence-corrected chi connectivity index (χ2v) is 4.71. The molecule has 0 atom stereocenters. The van der Waals surface area contributed by atoms with E-state index in [0.717, 1.165) is 16.7 Å². The molecule has 0 bridgehead atoms. The maximum atomic E-state index is 5.51. The van der Waals surface area contributed by atoms with Crippen molar-refractivity contribution in [2.45, 2.75) is 26.2 Å². The van der Waals surface area contributed by atoms with Gasteiger partial charge in [-0.25, -0.2) is 0 Å². The van der Waals surface area contributed by atoms with Crippen LogP contribution >= 0.6 is 15.9 Å². The lowest BCUT2D eigenvalue weighted by molar-refractivity contribution is 0.368. The smallest absolute Gasteiger partial charge is 0.125 e. The molecule has 0 aliphatic heterocycles. The zero-order valence-electron chi connectivity index (χ0n) is 9.14. The van der Waals surface area contributed by atoms with Crippen molar-refractivity contribution in [1.82, 2.24) is 0 Å². The highest BCUT2D eigenvalue weighted by Gasteiger charge is 2.21. The van der Waals surface area contributed by atoms with Crippen molar-refractivity contribution < 1.29 is 4.74 Å². The molecule has 0 N–H and O–H groups in total. The van der Waals surface area contributed by atoms with E-state index in [9.17, 15) is 0 Å². The number of benzene rings is 1. The Morgan fingerprint density at radius 2 is 2.13 bits per heavy atom. The second-order valence-electron chi connectivity index (χ2n) is 3.79. The topological polar surface area (TPSA) is 9.23 Å². The summed E-state index contributed by atoms with van der Waals surface area (Å²) < 4.78 is 6.65. The standard InChI is InChI=1S/C13H15BrO/c1-3-9-8-11(14)6-7-12(9)13(15-2)10-4-5-10/h6-8H,3-5H2,1-2H3. The van der Waals surface area contributed by atoms with Crippen LogP contribution in [0.5, 0.6) is 0 Å². The fourth-order valence-electron chi connectivity index (χ4n) is 1.81. The van der Waals surface area contributed by atoms with Crippen molar-refractivity contribution in [1.29, 1.82) is 0 Å². The first-order chi connectivity index (χ1) is 7.26. The molecule has 0 radical (unpaired) electrons. The highest BCUT2D eigenvalue weighted by atomic mass is 79.9. The van der Waals surface area contributed by atoms with Crippen molar-refractivity contribution in [3.8, 4) is 0 Å². The highest BCUT2D eigenvalue weighted by Crippen LogP contribution is 2.38. The van der Waals surface area contributed by atoms with Gasteiger partial charge in [0.15, 0.2) is 0 Å². The fourth-order valence-corrected chi connectivity index (χ4v) is 2.22. The SMILES string of the molecule is CCc1cc(Br)ccc1C(OC)=C1CC1. The highest BCUT2D eigenvalue weighted by molar-refractivity contribution is 9.10. The van der Waals surface area contributed by atoms with E-state index in [-0.39, 0.29) is 0 Å². The van der Waals surface area contributed by atoms with Gasteiger partial charge in [0.2, 0.25) is 0 Å². The average molecular weight is 267 g/mol. The van der Waals surface area contributed by atoms with Crippen LogP contribution in [0.1, 0.15) is 30.9 Å². The summed E-state index contributed by atoms with van der Waals surface area (Å²) in [5.41, 5.74) is 4.06. The molecule has 1 aliphatic rings. The van der Waals surface area contributed by atoms with Crippen LogP contribution in [0.3, 0.4) is 0 Å². The van der Waals surface area contributed by atoms with Gasteiger partial charge in [-0.3, -0.25) is 0 Å². The predicted molar refractivity (Wildman–Crippen MR) is 66.7 cm³/mol. The summed E-state index contributed by atoms with van der Waals surface area (Å²) in [5, 5.41) is 0. The first kappa shape index (κ1) is 10.7. The van der Waals surface area contributed by atoms with Gasteiger partial charge in [0.25, 0.3) is 0 Å². The van der Waals surface area contributed by atoms with Crippen molar-refractivity contribution in [2.24, 2.45) is 0 Å². The van der Waals surface area contributed by atoms with E-state index < -0.39 is 0 Å². The zero-order chi connectivity index (χ0) is 10.8. The van der Waals surface area contributed by atoms with E-state index in [1.165, 1.54) is 29.5 Å². The number of aryl methyl sites for hydroxylation is 1. The Bertz CT molecular complexity index is 401. The molecule has 1 fully saturated rings. The number of hydrogen-bond acceptors (Lipinski definition) is 1. The van der Waals surface area contributed by atoms with Crippen molar-refractivity contribution in [3.63, 3.8) is 0 Å². The molecule has 0 heterocycles. The molecule has 1 aliphatic carbocycles. The Hall–Kier alpha value is -0.760. The van der Waals surface area contributed by atoms with Crippen LogP contribution in [0.25, 0.3) is 5.76 Å². The number of allylic oxidation sites excluding steroid dienone is 1. The van der Waals surface area contributed by atoms with E-state index in [2.05, 4.69) is 41.1 Å². The molecule has 1 saturated carbocycles. The number of halogens is 1. The van der Waals surface area contributed by atoms with Crippen LogP contribution in [0.15, 0.2) is 28.2 Å². The summed E-state index contributed by atoms with van der Waals surface area (Å²) in [5.74, 6) is 1.10. The number of methoxy groups -OCH3 is 1. The average Bonchev–Trinajstić information content (AvgIpc) is 3.05. The van der Waals surface area contributed by atoms with Gasteiger partial charge in [-0.2, -0.15) is 0 Å². The Balaban J connectivity index is 2.47. The largest absolute Gasteiger partial charge is 0.496 e. The third kappa shape index (κ3) is 2.25. The molecule has 1 nitrogen and oxygen atoms in total. The summed E-state index contributed by atoms with van der Waals surface area (Å²) in [6.07, 6.45) is 3.43. The summed E-state index contributed by atoms with van der Waals surface area (Å²) >= 11 is 3.50. The van der Waals surface area contributed by atoms with Crippen LogP contribution in [-0.2, 0) is 11.2 Å². The lowest BCUT2D eigenvalue weighted by Crippen LogP contribution is -1.94. The van der Waals surface area contributed by atoms with Gasteiger partial charge in [0.05, 0.1) is 7.11 Å². The Morgan fingerprint density at radius 3 is 2.67 bits per heavy atom. The van der Waals surface area contributed by atoms with Gasteiger partial charge in [-0.15, -0.1) is 0 Å². The maximum Gasteiger partial charge on any atom is 0.125 e. The van der Waals surface area contributed by atoms with Crippen LogP contribution in [-0.4, -0.2) is 7.11 Å². The molecule has 0 saturated heterocycles. The van der Waals surface area contributed by atoms with Gasteiger partial charge >= 0.3 is 0 Å². The minimum absolute atomic E-state index is 1.04. The molecule has 1 aromatic carbocycles. The lowest BCUT2D eigenvalue weighted by Gasteiger charge is -2.11. The monoisotopic (exact) mass is 266 g/mol. The Kier molecular flexibility index (Phi) is 3.15. The molecule has 2 heteroatoms. The quantitative estimate of drug-likeness (QED) is 0.747. The van der Waals surface area contributed by atoms with E-state index in [4.69, 9.17) is 4.74 Å². The van der Waals surface area contributed by atoms with Gasteiger partial charge in [-0.05, 0) is 48.6 Å². The first-order valence-corrected chi connectivity index (χ1v) is 6.10. The minimum Gasteiger partial charge on any atom is -0.496 e. The van der Waals surface area contributed by atoms with Gasteiger partial charge in [0, 0.05) is 10.0 Å². The van der Waals surface area contributed by atoms with Gasteiger partial charge in [-0.1, -0.05) is 22.9 Å². The van der Waals surface area contributed by atoms with E-state index in [1.54, 1.807) is 7.11 Å². The second kappa shape index (κ2) is 4.40. The third-order valence-electron chi connectivity index (χ3n) is 2.72. The molecule has 0 spiro atoms. The van der Waals surface area contributed by atoms with Crippen LogP contribution in [0.2, 0.25) is 0 Å². The fraction of sp³-hybridized carbons (Fsp3) is 0.385. The Labute approximate surface area is 99.3 Å². The van der Waals surface area contributed by atoms with Crippen molar-refractivity contribution >= 4 is 21.7 Å². The summed E-state index contributed by atoms with van der Waals surface area (Å²) in [6, 6.07) is 6.40. The summed E-state index contributed by atoms with van der Waals surface area (Å²) in [4.78, 5) is 0. The van der Waals surface area contributed by atoms with Crippen LogP contribution in [0.4, 0.5) is 0 Å². The maximum absolute atomic E-state index is 5.51. The number of rotatable bonds is 3. The first-order valence-electron chi connectivity index (χ1n) is 5.31. The molecule has 0 aromatic heterocycles. The van der Waals surface area contributed by atoms with Crippen LogP contribution in [0, 0.1) is 0 Å². The minimum atomic E-state index is 1.04. The third-order valence-corrected chi connectivity index (χ3v) is 3.21. The Morgan fingerprint density at radius 1 is 1.40 bits per heavy atom. The lowest BCUT2D eigenvalue weighted by atomic mass is 10.0. The van der Waals surface area contributed by atoms with E-state index >= 15 is 0 Å². The van der Waals surface area contributed by atoms with Gasteiger partial charge in [0.1, 0.15) is 5.76 Å². The summed E-state index contributed by atoms with van der Waals surface area (Å²) in [7, 11) is 1.77. The molecule has 0 unspecified atom stereocenters. The van der Waals surface area contributed by atoms with Crippen molar-refractivity contribution in [3.05, 3.63) is 39.4 Å². The molecule has 0 amide bonds. The molecular formula is C13H15BrO. The molecule has 15 heavy (non-hydrogen) atoms. The molecular weight excluding hydrogens is 252 g/mol. The van der Waals surface area contributed by atoms with Gasteiger partial charge < -0.3 is 4.74 Å². The number of hydrogen-bond donors (Lipinski definition) is 0. The van der Waals surface area contributed by atoms with E-state index in [0.29, 0.717) is 0 Å².